The lowest BCUT2D eigenvalue weighted by molar-refractivity contribution is -0.143. The average molecular weight is 309 g/mol. The van der Waals surface area contributed by atoms with Crippen molar-refractivity contribution in [2.75, 3.05) is 34.4 Å². The summed E-state index contributed by atoms with van der Waals surface area (Å²) in [6, 6.07) is 5.32. The molecule has 0 heterocycles. The zero-order chi connectivity index (χ0) is 16.5. The summed E-state index contributed by atoms with van der Waals surface area (Å²) in [7, 11) is 4.79. The first kappa shape index (κ1) is 17.8. The zero-order valence-corrected chi connectivity index (χ0v) is 13.5. The highest BCUT2D eigenvalue weighted by Gasteiger charge is 2.15. The van der Waals surface area contributed by atoms with Gasteiger partial charge in [0.15, 0.2) is 0 Å². The smallest absolute Gasteiger partial charge is 0.307 e. The quantitative estimate of drug-likeness (QED) is 0.683. The Balaban J connectivity index is 2.62. The minimum Gasteiger partial charge on any atom is -0.497 e. The van der Waals surface area contributed by atoms with Crippen molar-refractivity contribution < 1.29 is 23.8 Å². The number of esters is 1. The molecule has 0 unspecified atom stereocenters. The third-order valence-corrected chi connectivity index (χ3v) is 3.22. The van der Waals surface area contributed by atoms with Crippen LogP contribution >= 0.6 is 0 Å². The van der Waals surface area contributed by atoms with E-state index in [1.807, 2.05) is 0 Å². The molecule has 6 nitrogen and oxygen atoms in total. The average Bonchev–Trinajstić information content (AvgIpc) is 2.53. The van der Waals surface area contributed by atoms with Crippen LogP contribution in [0.1, 0.15) is 18.9 Å². The molecule has 0 aliphatic heterocycles. The molecule has 22 heavy (non-hydrogen) atoms. The number of hydrogen-bond acceptors (Lipinski definition) is 5. The van der Waals surface area contributed by atoms with E-state index in [0.717, 1.165) is 5.56 Å². The summed E-state index contributed by atoms with van der Waals surface area (Å²) in [6.45, 7) is 2.43. The maximum atomic E-state index is 12.2. The molecule has 0 aliphatic carbocycles. The second-order valence-electron chi connectivity index (χ2n) is 4.72. The van der Waals surface area contributed by atoms with Crippen LogP contribution in [0.15, 0.2) is 18.2 Å². The summed E-state index contributed by atoms with van der Waals surface area (Å²) in [5.74, 6) is 0.882. The lowest BCUT2D eigenvalue weighted by atomic mass is 10.1. The van der Waals surface area contributed by atoms with Crippen molar-refractivity contribution >= 4 is 11.9 Å². The van der Waals surface area contributed by atoms with E-state index in [9.17, 15) is 9.59 Å². The predicted octanol–water partition coefficient (Wildman–Crippen LogP) is 1.66. The van der Waals surface area contributed by atoms with Crippen LogP contribution < -0.4 is 9.47 Å². The highest BCUT2D eigenvalue weighted by molar-refractivity contribution is 5.80. The number of rotatable bonds is 8. The first-order valence-electron chi connectivity index (χ1n) is 7.12. The molecule has 6 heteroatoms. The first-order chi connectivity index (χ1) is 10.5. The summed E-state index contributed by atoms with van der Waals surface area (Å²) in [5, 5.41) is 0. The van der Waals surface area contributed by atoms with Gasteiger partial charge in [0.25, 0.3) is 0 Å². The monoisotopic (exact) mass is 309 g/mol. The van der Waals surface area contributed by atoms with Gasteiger partial charge in [0.05, 0.1) is 33.7 Å². The van der Waals surface area contributed by atoms with Crippen molar-refractivity contribution in [3.8, 4) is 11.5 Å². The van der Waals surface area contributed by atoms with Crippen LogP contribution in [0.25, 0.3) is 0 Å². The molecule has 1 aromatic carbocycles. The van der Waals surface area contributed by atoms with E-state index in [1.54, 1.807) is 46.4 Å². The van der Waals surface area contributed by atoms with Gasteiger partial charge in [-0.25, -0.2) is 0 Å². The molecule has 0 bridgehead atoms. The number of amides is 1. The fraction of sp³-hybridized carbons (Fsp3) is 0.500. The van der Waals surface area contributed by atoms with E-state index in [4.69, 9.17) is 14.2 Å². The Hall–Kier alpha value is -2.24. The molecule has 0 aliphatic rings. The van der Waals surface area contributed by atoms with Gasteiger partial charge >= 0.3 is 5.97 Å². The summed E-state index contributed by atoms with van der Waals surface area (Å²) in [6.07, 6.45) is 0.391. The Bertz CT molecular complexity index is 515. The van der Waals surface area contributed by atoms with Crippen molar-refractivity contribution in [1.29, 1.82) is 0 Å². The topological polar surface area (TPSA) is 65.1 Å². The van der Waals surface area contributed by atoms with E-state index in [2.05, 4.69) is 0 Å². The first-order valence-corrected chi connectivity index (χ1v) is 7.12. The normalized spacial score (nSPS) is 10.0. The highest BCUT2D eigenvalue weighted by Crippen LogP contribution is 2.25. The Morgan fingerprint density at radius 2 is 1.91 bits per heavy atom. The van der Waals surface area contributed by atoms with Gasteiger partial charge in [-0.05, 0) is 13.0 Å². The fourth-order valence-corrected chi connectivity index (χ4v) is 1.91. The maximum absolute atomic E-state index is 12.2. The zero-order valence-electron chi connectivity index (χ0n) is 13.5. The molecule has 0 aromatic heterocycles. The number of ether oxygens (including phenoxy) is 3. The Kier molecular flexibility index (Phi) is 7.22. The Morgan fingerprint density at radius 3 is 2.50 bits per heavy atom. The molecule has 1 aromatic rings. The van der Waals surface area contributed by atoms with Crippen LogP contribution in [0.2, 0.25) is 0 Å². The van der Waals surface area contributed by atoms with Crippen LogP contribution in [-0.2, 0) is 20.7 Å². The molecule has 0 saturated heterocycles. The van der Waals surface area contributed by atoms with Crippen LogP contribution in [0.5, 0.6) is 11.5 Å². The number of benzene rings is 1. The van der Waals surface area contributed by atoms with Gasteiger partial charge in [-0.1, -0.05) is 6.07 Å². The maximum Gasteiger partial charge on any atom is 0.307 e. The minimum atomic E-state index is -0.302. The molecule has 0 radical (unpaired) electrons. The molecule has 1 rings (SSSR count). The van der Waals surface area contributed by atoms with Crippen molar-refractivity contribution in [2.24, 2.45) is 0 Å². The third kappa shape index (κ3) is 5.27. The number of likely N-dealkylation sites (N-methyl/N-ethyl adjacent to an activating group) is 1. The Labute approximate surface area is 131 Å². The predicted molar refractivity (Wildman–Crippen MR) is 82.1 cm³/mol. The van der Waals surface area contributed by atoms with Crippen molar-refractivity contribution in [3.05, 3.63) is 23.8 Å². The molecule has 0 fully saturated rings. The fourth-order valence-electron chi connectivity index (χ4n) is 1.91. The largest absolute Gasteiger partial charge is 0.497 e. The lowest BCUT2D eigenvalue weighted by Crippen LogP contribution is -2.30. The van der Waals surface area contributed by atoms with E-state index >= 15 is 0 Å². The number of nitrogens with zero attached hydrogens (tertiary/aromatic N) is 1. The third-order valence-electron chi connectivity index (χ3n) is 3.22. The van der Waals surface area contributed by atoms with Crippen LogP contribution in [0.3, 0.4) is 0 Å². The van der Waals surface area contributed by atoms with Gasteiger partial charge in [-0.2, -0.15) is 0 Å². The summed E-state index contributed by atoms with van der Waals surface area (Å²) < 4.78 is 15.2. The van der Waals surface area contributed by atoms with Gasteiger partial charge in [0, 0.05) is 25.2 Å². The molecule has 1 amide bonds. The molecule has 0 atom stereocenters. The highest BCUT2D eigenvalue weighted by atomic mass is 16.5. The van der Waals surface area contributed by atoms with Crippen LogP contribution in [0, 0.1) is 0 Å². The lowest BCUT2D eigenvalue weighted by Gasteiger charge is -2.18. The van der Waals surface area contributed by atoms with E-state index in [0.29, 0.717) is 24.7 Å². The second-order valence-corrected chi connectivity index (χ2v) is 4.72. The van der Waals surface area contributed by atoms with Gasteiger partial charge in [-0.15, -0.1) is 0 Å². The Morgan fingerprint density at radius 1 is 1.18 bits per heavy atom. The SMILES string of the molecule is CCOC(=O)CCN(C)C(=O)Cc1ccc(OC)cc1OC. The number of carbonyl (C=O) groups is 2. The van der Waals surface area contributed by atoms with Gasteiger partial charge in [0.2, 0.25) is 5.91 Å². The molecular weight excluding hydrogens is 286 g/mol. The summed E-state index contributed by atoms with van der Waals surface area (Å²) in [4.78, 5) is 25.0. The standard InChI is InChI=1S/C16H23NO5/c1-5-22-16(19)8-9-17(2)15(18)10-12-6-7-13(20-3)11-14(12)21-4/h6-7,11H,5,8-10H2,1-4H3. The van der Waals surface area contributed by atoms with Crippen LogP contribution in [-0.4, -0.2) is 51.2 Å². The number of methoxy groups -OCH3 is 2. The molecule has 0 saturated carbocycles. The van der Waals surface area contributed by atoms with Crippen molar-refractivity contribution in [3.63, 3.8) is 0 Å². The summed E-state index contributed by atoms with van der Waals surface area (Å²) in [5.41, 5.74) is 0.774. The molecule has 0 N–H and O–H groups in total. The van der Waals surface area contributed by atoms with Crippen molar-refractivity contribution in [1.82, 2.24) is 4.90 Å². The van der Waals surface area contributed by atoms with E-state index in [1.165, 1.54) is 4.90 Å². The molecular formula is C16H23NO5. The van der Waals surface area contributed by atoms with Gasteiger partial charge < -0.3 is 19.1 Å². The summed E-state index contributed by atoms with van der Waals surface area (Å²) >= 11 is 0. The minimum absolute atomic E-state index is 0.0900. The van der Waals surface area contributed by atoms with E-state index < -0.39 is 0 Å². The van der Waals surface area contributed by atoms with Gasteiger partial charge in [0.1, 0.15) is 11.5 Å². The number of carbonyl (C=O) groups excluding carboxylic acids is 2. The van der Waals surface area contributed by atoms with Gasteiger partial charge in [-0.3, -0.25) is 9.59 Å². The molecule has 122 valence electrons. The second kappa shape index (κ2) is 8.92. The van der Waals surface area contributed by atoms with E-state index in [-0.39, 0.29) is 24.7 Å². The van der Waals surface area contributed by atoms with Crippen LogP contribution in [0.4, 0.5) is 0 Å². The molecule has 0 spiro atoms. The number of hydrogen-bond donors (Lipinski definition) is 0. The van der Waals surface area contributed by atoms with Crippen molar-refractivity contribution in [2.45, 2.75) is 19.8 Å².